The van der Waals surface area contributed by atoms with Crippen LogP contribution in [0.1, 0.15) is 32.3 Å². The average Bonchev–Trinajstić information content (AvgIpc) is 3.01. The molecule has 1 unspecified atom stereocenters. The van der Waals surface area contributed by atoms with E-state index < -0.39 is 0 Å². The monoisotopic (exact) mass is 355 g/mol. The Morgan fingerprint density at radius 3 is 2.85 bits per heavy atom. The standard InChI is InChI=1S/C20H25N3O3/c1-4-26-18(24)12-14(2)19-17-6-5-11-21-20(17)23(22-19)13-15-7-9-16(25-3)10-8-15/h7-12,19,22H,4-6,13H2,1-3H3/b14-12+. The predicted octanol–water partition coefficient (Wildman–Crippen LogP) is 2.97. The Morgan fingerprint density at radius 2 is 2.15 bits per heavy atom. The Hall–Kier alpha value is -2.60. The fourth-order valence-electron chi connectivity index (χ4n) is 3.24. The van der Waals surface area contributed by atoms with Crippen LogP contribution in [0, 0.1) is 0 Å². The van der Waals surface area contributed by atoms with Gasteiger partial charge in [-0.05, 0) is 55.5 Å². The molecule has 0 saturated carbocycles. The molecule has 6 heteroatoms. The second kappa shape index (κ2) is 8.19. The topological polar surface area (TPSA) is 63.2 Å². The third-order valence-corrected chi connectivity index (χ3v) is 4.52. The molecule has 1 aromatic rings. The summed E-state index contributed by atoms with van der Waals surface area (Å²) < 4.78 is 10.3. The normalized spacial score (nSPS) is 19.6. The third-order valence-electron chi connectivity index (χ3n) is 4.52. The third kappa shape index (κ3) is 3.96. The van der Waals surface area contributed by atoms with Crippen LogP contribution in [0.4, 0.5) is 0 Å². The molecular weight excluding hydrogens is 330 g/mol. The zero-order chi connectivity index (χ0) is 18.5. The summed E-state index contributed by atoms with van der Waals surface area (Å²) in [7, 11) is 1.66. The summed E-state index contributed by atoms with van der Waals surface area (Å²) in [6.45, 7) is 4.82. The van der Waals surface area contributed by atoms with E-state index in [9.17, 15) is 4.79 Å². The molecule has 0 radical (unpaired) electrons. The molecule has 0 aliphatic carbocycles. The number of methoxy groups -OCH3 is 1. The number of hydrogen-bond donors (Lipinski definition) is 1. The van der Waals surface area contributed by atoms with Crippen LogP contribution in [0.15, 0.2) is 52.3 Å². The van der Waals surface area contributed by atoms with Gasteiger partial charge in [0.05, 0.1) is 26.3 Å². The Kier molecular flexibility index (Phi) is 5.73. The van der Waals surface area contributed by atoms with Crippen LogP contribution in [-0.2, 0) is 16.1 Å². The largest absolute Gasteiger partial charge is 0.497 e. The molecule has 2 aliphatic heterocycles. The number of hydrogen-bond acceptors (Lipinski definition) is 6. The van der Waals surface area contributed by atoms with Gasteiger partial charge in [0.15, 0.2) is 0 Å². The number of aliphatic imine (C=N–C) groups is 1. The summed E-state index contributed by atoms with van der Waals surface area (Å²) in [5, 5.41) is 2.06. The van der Waals surface area contributed by atoms with E-state index in [1.807, 2.05) is 44.3 Å². The first kappa shape index (κ1) is 18.2. The molecule has 1 N–H and O–H groups in total. The summed E-state index contributed by atoms with van der Waals surface area (Å²) in [5.74, 6) is 1.49. The van der Waals surface area contributed by atoms with Gasteiger partial charge in [0, 0.05) is 12.3 Å². The molecule has 0 amide bonds. The number of nitrogens with one attached hydrogen (secondary N) is 1. The Morgan fingerprint density at radius 1 is 1.38 bits per heavy atom. The van der Waals surface area contributed by atoms with E-state index in [1.54, 1.807) is 13.2 Å². The molecule has 6 nitrogen and oxygen atoms in total. The van der Waals surface area contributed by atoms with Gasteiger partial charge in [0.1, 0.15) is 11.6 Å². The lowest BCUT2D eigenvalue weighted by molar-refractivity contribution is -0.137. The highest BCUT2D eigenvalue weighted by atomic mass is 16.5. The molecule has 138 valence electrons. The van der Waals surface area contributed by atoms with Crippen molar-refractivity contribution in [1.82, 2.24) is 10.4 Å². The van der Waals surface area contributed by atoms with E-state index in [0.29, 0.717) is 13.2 Å². The zero-order valence-corrected chi connectivity index (χ0v) is 15.5. The molecule has 0 saturated heterocycles. The van der Waals surface area contributed by atoms with Crippen molar-refractivity contribution in [1.29, 1.82) is 0 Å². The second-order valence-electron chi connectivity index (χ2n) is 6.34. The lowest BCUT2D eigenvalue weighted by Gasteiger charge is -2.22. The number of ether oxygens (including phenoxy) is 2. The first-order valence-corrected chi connectivity index (χ1v) is 8.89. The Balaban J connectivity index is 1.79. The van der Waals surface area contributed by atoms with Crippen molar-refractivity contribution in [2.24, 2.45) is 4.99 Å². The van der Waals surface area contributed by atoms with Gasteiger partial charge >= 0.3 is 5.97 Å². The minimum Gasteiger partial charge on any atom is -0.497 e. The van der Waals surface area contributed by atoms with Crippen LogP contribution in [0.2, 0.25) is 0 Å². The van der Waals surface area contributed by atoms with Crippen LogP contribution in [0.5, 0.6) is 5.75 Å². The van der Waals surface area contributed by atoms with E-state index in [1.165, 1.54) is 5.57 Å². The molecule has 0 aromatic heterocycles. The molecular formula is C20H25N3O3. The number of nitrogens with zero attached hydrogens (tertiary/aromatic N) is 2. The molecule has 0 bridgehead atoms. The van der Waals surface area contributed by atoms with Crippen molar-refractivity contribution in [2.75, 3.05) is 13.7 Å². The summed E-state index contributed by atoms with van der Waals surface area (Å²) in [6.07, 6.45) is 5.37. The molecule has 2 heterocycles. The van der Waals surface area contributed by atoms with Gasteiger partial charge in [-0.2, -0.15) is 0 Å². The minimum atomic E-state index is -0.304. The fraction of sp³-hybridized carbons (Fsp3) is 0.400. The van der Waals surface area contributed by atoms with Crippen LogP contribution in [-0.4, -0.2) is 37.0 Å². The molecule has 1 aromatic carbocycles. The van der Waals surface area contributed by atoms with E-state index in [2.05, 4.69) is 15.4 Å². The summed E-state index contributed by atoms with van der Waals surface area (Å²) in [4.78, 5) is 16.4. The van der Waals surface area contributed by atoms with Crippen molar-refractivity contribution >= 4 is 12.2 Å². The predicted molar refractivity (Wildman–Crippen MR) is 101 cm³/mol. The highest BCUT2D eigenvalue weighted by Gasteiger charge is 2.33. The van der Waals surface area contributed by atoms with Gasteiger partial charge in [-0.15, -0.1) is 0 Å². The highest BCUT2D eigenvalue weighted by molar-refractivity contribution is 5.83. The summed E-state index contributed by atoms with van der Waals surface area (Å²) in [6, 6.07) is 7.97. The van der Waals surface area contributed by atoms with Crippen molar-refractivity contribution < 1.29 is 14.3 Å². The van der Waals surface area contributed by atoms with Gasteiger partial charge < -0.3 is 9.47 Å². The van der Waals surface area contributed by atoms with Gasteiger partial charge in [-0.1, -0.05) is 12.1 Å². The van der Waals surface area contributed by atoms with Crippen LogP contribution in [0.3, 0.4) is 0 Å². The van der Waals surface area contributed by atoms with E-state index in [-0.39, 0.29) is 12.0 Å². The van der Waals surface area contributed by atoms with Gasteiger partial charge in [-0.25, -0.2) is 15.2 Å². The molecule has 0 fully saturated rings. The van der Waals surface area contributed by atoms with Gasteiger partial charge in [0.2, 0.25) is 0 Å². The first-order valence-electron chi connectivity index (χ1n) is 8.89. The van der Waals surface area contributed by atoms with Gasteiger partial charge in [0.25, 0.3) is 0 Å². The maximum Gasteiger partial charge on any atom is 0.330 e. The zero-order valence-electron chi connectivity index (χ0n) is 15.5. The lowest BCUT2D eigenvalue weighted by Crippen LogP contribution is -2.37. The van der Waals surface area contributed by atoms with E-state index in [0.717, 1.165) is 35.5 Å². The number of rotatable bonds is 6. The molecule has 1 atom stereocenters. The SMILES string of the molecule is CCOC(=O)/C=C(\C)C1NN(Cc2ccc(OC)cc2)C2=C1CCC=N2. The Labute approximate surface area is 154 Å². The van der Waals surface area contributed by atoms with Crippen molar-refractivity contribution in [3.8, 4) is 5.75 Å². The highest BCUT2D eigenvalue weighted by Crippen LogP contribution is 2.32. The summed E-state index contributed by atoms with van der Waals surface area (Å²) in [5.41, 5.74) is 6.80. The second-order valence-corrected chi connectivity index (χ2v) is 6.34. The lowest BCUT2D eigenvalue weighted by atomic mass is 9.96. The van der Waals surface area contributed by atoms with Crippen LogP contribution in [0.25, 0.3) is 0 Å². The van der Waals surface area contributed by atoms with Crippen molar-refractivity contribution in [3.05, 3.63) is 52.9 Å². The van der Waals surface area contributed by atoms with Crippen molar-refractivity contribution in [3.63, 3.8) is 0 Å². The van der Waals surface area contributed by atoms with Crippen molar-refractivity contribution in [2.45, 2.75) is 39.3 Å². The van der Waals surface area contributed by atoms with E-state index >= 15 is 0 Å². The Bertz CT molecular complexity index is 750. The van der Waals surface area contributed by atoms with Gasteiger partial charge in [-0.3, -0.25) is 5.01 Å². The van der Waals surface area contributed by atoms with Crippen LogP contribution >= 0.6 is 0 Å². The fourth-order valence-corrected chi connectivity index (χ4v) is 3.24. The molecule has 26 heavy (non-hydrogen) atoms. The smallest absolute Gasteiger partial charge is 0.330 e. The quantitative estimate of drug-likeness (QED) is 0.628. The number of benzene rings is 1. The van der Waals surface area contributed by atoms with Crippen LogP contribution < -0.4 is 10.2 Å². The first-order chi connectivity index (χ1) is 12.6. The summed E-state index contributed by atoms with van der Waals surface area (Å²) >= 11 is 0. The molecule has 2 aliphatic rings. The maximum atomic E-state index is 11.8. The number of carbonyl (C=O) groups is 1. The average molecular weight is 355 g/mol. The molecule has 3 rings (SSSR count). The number of esters is 1. The molecule has 0 spiro atoms. The minimum absolute atomic E-state index is 0.0231. The number of carbonyl (C=O) groups excluding carboxylic acids is 1. The van der Waals surface area contributed by atoms with E-state index in [4.69, 9.17) is 9.47 Å². The maximum absolute atomic E-state index is 11.8. The number of hydrazine groups is 1.